The number of hydrogen-bond donors (Lipinski definition) is 2. The Kier molecular flexibility index (Phi) is 8.91. The highest BCUT2D eigenvalue weighted by molar-refractivity contribution is 7.92. The summed E-state index contributed by atoms with van der Waals surface area (Å²) in [5, 5.41) is 3.34. The maximum Gasteiger partial charge on any atom is 0.278 e. The number of alkyl halides is 2. The zero-order chi connectivity index (χ0) is 32.0. The third kappa shape index (κ3) is 7.31. The number of nitrogens with zero attached hydrogens (tertiary/aromatic N) is 5. The van der Waals surface area contributed by atoms with Crippen molar-refractivity contribution in [1.29, 1.82) is 0 Å². The summed E-state index contributed by atoms with van der Waals surface area (Å²) >= 11 is 0. The first kappa shape index (κ1) is 32.1. The minimum absolute atomic E-state index is 0.168. The topological polar surface area (TPSA) is 122 Å². The van der Waals surface area contributed by atoms with Gasteiger partial charge >= 0.3 is 0 Å². The molecule has 2 aromatic heterocycles. The van der Waals surface area contributed by atoms with Crippen molar-refractivity contribution in [2.75, 3.05) is 29.9 Å². The van der Waals surface area contributed by atoms with Crippen LogP contribution in [-0.2, 0) is 10.0 Å². The third-order valence-electron chi connectivity index (χ3n) is 8.17. The molecule has 2 aliphatic rings. The number of nitrogens with one attached hydrogen (secondary N) is 2. The Morgan fingerprint density at radius 1 is 1.05 bits per heavy atom. The van der Waals surface area contributed by atoms with E-state index in [-0.39, 0.29) is 34.4 Å². The maximum absolute atomic E-state index is 15.1. The van der Waals surface area contributed by atoms with Crippen LogP contribution in [0.3, 0.4) is 0 Å². The van der Waals surface area contributed by atoms with E-state index in [0.717, 1.165) is 37.8 Å². The van der Waals surface area contributed by atoms with E-state index in [1.54, 1.807) is 18.6 Å². The van der Waals surface area contributed by atoms with Crippen LogP contribution in [0.25, 0.3) is 22.4 Å². The largest absolute Gasteiger partial charge is 0.351 e. The van der Waals surface area contributed by atoms with Gasteiger partial charge in [0.25, 0.3) is 11.5 Å². The summed E-state index contributed by atoms with van der Waals surface area (Å²) in [5.41, 5.74) is -1.90. The molecule has 2 saturated carbocycles. The Balaban J connectivity index is 1.42. The number of aromatic nitrogens is 4. The molecule has 2 heterocycles. The number of rotatable bonds is 11. The van der Waals surface area contributed by atoms with Crippen molar-refractivity contribution in [2.45, 2.75) is 82.8 Å². The maximum atomic E-state index is 15.1. The van der Waals surface area contributed by atoms with Crippen LogP contribution < -0.4 is 15.6 Å². The molecule has 5 rings (SSSR count). The average molecular weight is 640 g/mol. The van der Waals surface area contributed by atoms with Crippen molar-refractivity contribution in [3.63, 3.8) is 0 Å². The molecule has 0 amide bonds. The quantitative estimate of drug-likeness (QED) is 0.276. The van der Waals surface area contributed by atoms with Gasteiger partial charge in [-0.15, -0.1) is 0 Å². The van der Waals surface area contributed by atoms with E-state index in [1.165, 1.54) is 10.8 Å². The van der Waals surface area contributed by atoms with E-state index in [2.05, 4.69) is 39.3 Å². The van der Waals surface area contributed by atoms with Gasteiger partial charge in [0.1, 0.15) is 22.7 Å². The highest BCUT2D eigenvalue weighted by Gasteiger charge is 2.41. The average Bonchev–Trinajstić information content (AvgIpc) is 3.73. The number of sulfonamides is 1. The minimum atomic E-state index is -4.80. The number of fused-ring (bicyclic) bond motifs is 1. The lowest BCUT2D eigenvalue weighted by Crippen LogP contribution is -2.36. The molecule has 2 fully saturated rings. The van der Waals surface area contributed by atoms with Gasteiger partial charge < -0.3 is 10.2 Å². The Hall–Kier alpha value is -3.33. The van der Waals surface area contributed by atoms with Crippen LogP contribution in [0.5, 0.6) is 0 Å². The van der Waals surface area contributed by atoms with Crippen LogP contribution in [0.15, 0.2) is 23.1 Å². The van der Waals surface area contributed by atoms with Crippen LogP contribution in [0.4, 0.5) is 29.2 Å². The first-order chi connectivity index (χ1) is 20.6. The predicted molar refractivity (Wildman–Crippen MR) is 160 cm³/mol. The molecule has 2 aliphatic carbocycles. The standard InChI is InChI=1S/C29H37F4N7O3S/c1-16(2)40-26-23(14-34-28(37-26)35-19-7-9-20(10-8-19)39(3)4)36-24(27(40)41)18-11-21(30)25(22(31)12-18)38-44(42,43)15-29(32,33)13-17-5-6-17/h11-12,14,16-17,19-20,38H,5-10,13,15H2,1-4H3,(H,34,35,37)/t19-,20-. The van der Waals surface area contributed by atoms with Crippen molar-refractivity contribution < 1.29 is 26.0 Å². The zero-order valence-corrected chi connectivity index (χ0v) is 25.9. The van der Waals surface area contributed by atoms with E-state index >= 15 is 8.78 Å². The van der Waals surface area contributed by atoms with Gasteiger partial charge in [0.2, 0.25) is 16.0 Å². The molecule has 0 atom stereocenters. The van der Waals surface area contributed by atoms with Crippen LogP contribution >= 0.6 is 0 Å². The second-order valence-electron chi connectivity index (χ2n) is 12.4. The van der Waals surface area contributed by atoms with E-state index in [4.69, 9.17) is 0 Å². The van der Waals surface area contributed by atoms with Gasteiger partial charge in [-0.1, -0.05) is 0 Å². The fraction of sp³-hybridized carbons (Fsp3) is 0.586. The van der Waals surface area contributed by atoms with E-state index < -0.39 is 57.0 Å². The lowest BCUT2D eigenvalue weighted by molar-refractivity contribution is 0.0110. The smallest absolute Gasteiger partial charge is 0.278 e. The van der Waals surface area contributed by atoms with Crippen LogP contribution in [-0.4, -0.2) is 70.7 Å². The van der Waals surface area contributed by atoms with Crippen molar-refractivity contribution in [1.82, 2.24) is 24.4 Å². The molecule has 10 nitrogen and oxygen atoms in total. The molecule has 0 unspecified atom stereocenters. The molecular formula is C29H37F4N7O3S. The highest BCUT2D eigenvalue weighted by Crippen LogP contribution is 2.40. The van der Waals surface area contributed by atoms with Crippen molar-refractivity contribution in [3.8, 4) is 11.3 Å². The summed E-state index contributed by atoms with van der Waals surface area (Å²) in [6.45, 7) is 3.50. The van der Waals surface area contributed by atoms with Crippen LogP contribution in [0.2, 0.25) is 0 Å². The number of anilines is 2. The van der Waals surface area contributed by atoms with Crippen molar-refractivity contribution in [2.24, 2.45) is 5.92 Å². The number of benzene rings is 1. The molecule has 0 bridgehead atoms. The Labute approximate surface area is 253 Å². The van der Waals surface area contributed by atoms with Gasteiger partial charge in [0.05, 0.1) is 6.20 Å². The molecule has 44 heavy (non-hydrogen) atoms. The first-order valence-electron chi connectivity index (χ1n) is 14.7. The van der Waals surface area contributed by atoms with Gasteiger partial charge in [-0.05, 0) is 84.5 Å². The molecule has 15 heteroatoms. The predicted octanol–water partition coefficient (Wildman–Crippen LogP) is 5.17. The summed E-state index contributed by atoms with van der Waals surface area (Å²) in [7, 11) is -0.662. The Morgan fingerprint density at radius 3 is 2.25 bits per heavy atom. The fourth-order valence-electron chi connectivity index (χ4n) is 5.74. The molecule has 2 N–H and O–H groups in total. The molecule has 0 spiro atoms. The van der Waals surface area contributed by atoms with E-state index in [1.807, 2.05) is 0 Å². The Bertz CT molecular complexity index is 1680. The molecule has 0 aliphatic heterocycles. The summed E-state index contributed by atoms with van der Waals surface area (Å²) < 4.78 is 86.3. The summed E-state index contributed by atoms with van der Waals surface area (Å²) in [5.74, 6) is -7.82. The minimum Gasteiger partial charge on any atom is -0.351 e. The Morgan fingerprint density at radius 2 is 1.68 bits per heavy atom. The lowest BCUT2D eigenvalue weighted by Gasteiger charge is -2.32. The van der Waals surface area contributed by atoms with Gasteiger partial charge in [0, 0.05) is 30.1 Å². The summed E-state index contributed by atoms with van der Waals surface area (Å²) in [6.07, 6.45) is 5.94. The summed E-state index contributed by atoms with van der Waals surface area (Å²) in [6, 6.07) is 1.75. The van der Waals surface area contributed by atoms with Gasteiger partial charge in [-0.2, -0.15) is 4.98 Å². The summed E-state index contributed by atoms with van der Waals surface area (Å²) in [4.78, 5) is 29.0. The number of hydrogen-bond acceptors (Lipinski definition) is 8. The van der Waals surface area contributed by atoms with Gasteiger partial charge in [-0.25, -0.2) is 35.9 Å². The second kappa shape index (κ2) is 12.2. The monoisotopic (exact) mass is 639 g/mol. The molecule has 0 saturated heterocycles. The third-order valence-corrected chi connectivity index (χ3v) is 9.48. The van der Waals surface area contributed by atoms with Crippen LogP contribution in [0, 0.1) is 17.6 Å². The lowest BCUT2D eigenvalue weighted by atomic mass is 9.91. The normalized spacial score (nSPS) is 19.6. The van der Waals surface area contributed by atoms with E-state index in [9.17, 15) is 22.0 Å². The first-order valence-corrected chi connectivity index (χ1v) is 16.4. The molecule has 240 valence electrons. The molecule has 0 radical (unpaired) electrons. The SMILES string of the molecule is CC(C)n1c(=O)c(-c2cc(F)c(NS(=O)(=O)CC(F)(F)CC3CC3)c(F)c2)nc2cnc(N[C@H]3CC[C@H](N(C)C)CC3)nc21. The molecule has 1 aromatic carbocycles. The highest BCUT2D eigenvalue weighted by atomic mass is 32.2. The fourth-order valence-corrected chi connectivity index (χ4v) is 6.99. The zero-order valence-electron chi connectivity index (χ0n) is 25.1. The number of halogens is 4. The van der Waals surface area contributed by atoms with Gasteiger partial charge in [0.15, 0.2) is 17.3 Å². The van der Waals surface area contributed by atoms with Gasteiger partial charge in [-0.3, -0.25) is 14.1 Å². The van der Waals surface area contributed by atoms with Crippen molar-refractivity contribution in [3.05, 3.63) is 40.3 Å². The van der Waals surface area contributed by atoms with Crippen LogP contribution in [0.1, 0.15) is 64.8 Å². The molecule has 3 aromatic rings. The molecular weight excluding hydrogens is 602 g/mol. The second-order valence-corrected chi connectivity index (χ2v) is 14.1. The van der Waals surface area contributed by atoms with Crippen molar-refractivity contribution >= 4 is 32.8 Å². The van der Waals surface area contributed by atoms with E-state index in [0.29, 0.717) is 24.8 Å².